The molecule has 22 heavy (non-hydrogen) atoms. The number of carboxylic acid groups (broad SMARTS) is 1. The van der Waals surface area contributed by atoms with Gasteiger partial charge in [-0.1, -0.05) is 6.92 Å². The minimum absolute atomic E-state index is 0.135. The fourth-order valence-corrected chi connectivity index (χ4v) is 2.52. The summed E-state index contributed by atoms with van der Waals surface area (Å²) in [5.41, 5.74) is 1.30. The van der Waals surface area contributed by atoms with E-state index >= 15 is 0 Å². The number of amides is 1. The van der Waals surface area contributed by atoms with Gasteiger partial charge in [0, 0.05) is 24.7 Å². The van der Waals surface area contributed by atoms with Crippen molar-refractivity contribution in [2.24, 2.45) is 0 Å². The molecule has 0 aromatic heterocycles. The Bertz CT molecular complexity index is 629. The Balaban J connectivity index is 2.50. The molecular formula is C14H17N3O5. The summed E-state index contributed by atoms with van der Waals surface area (Å²) in [6.07, 6.45) is 1.38. The highest BCUT2D eigenvalue weighted by atomic mass is 16.6. The molecule has 8 nitrogen and oxygen atoms in total. The van der Waals surface area contributed by atoms with Crippen LogP contribution in [0.5, 0.6) is 0 Å². The summed E-state index contributed by atoms with van der Waals surface area (Å²) in [4.78, 5) is 34.7. The maximum absolute atomic E-state index is 11.5. The summed E-state index contributed by atoms with van der Waals surface area (Å²) in [5, 5.41) is 23.0. The van der Waals surface area contributed by atoms with Gasteiger partial charge in [0.1, 0.15) is 12.2 Å². The van der Waals surface area contributed by atoms with Crippen molar-refractivity contribution >= 4 is 28.9 Å². The standard InChI is InChI=1S/C14H17N3O5/c1-2-5-16(8-14(19)20)11-7-10-9(3-4-13(18)15-10)6-12(11)17(21)22/h6-7H,2-5,8H2,1H3,(H,15,18)(H,19,20). The molecule has 1 heterocycles. The predicted octanol–water partition coefficient (Wildman–Crippen LogP) is 1.78. The number of nitrogens with zero attached hydrogens (tertiary/aromatic N) is 2. The highest BCUT2D eigenvalue weighted by molar-refractivity contribution is 5.95. The van der Waals surface area contributed by atoms with Gasteiger partial charge >= 0.3 is 5.97 Å². The number of carboxylic acids is 1. The molecule has 0 spiro atoms. The number of anilines is 2. The second-order valence-corrected chi connectivity index (χ2v) is 5.12. The average Bonchev–Trinajstić information content (AvgIpc) is 2.44. The fourth-order valence-electron chi connectivity index (χ4n) is 2.52. The first kappa shape index (κ1) is 15.7. The van der Waals surface area contributed by atoms with Crippen molar-refractivity contribution in [1.29, 1.82) is 0 Å². The number of aryl methyl sites for hydroxylation is 1. The van der Waals surface area contributed by atoms with E-state index in [4.69, 9.17) is 5.11 Å². The maximum atomic E-state index is 11.5. The molecule has 118 valence electrons. The van der Waals surface area contributed by atoms with Crippen LogP contribution >= 0.6 is 0 Å². The lowest BCUT2D eigenvalue weighted by Gasteiger charge is -2.25. The van der Waals surface area contributed by atoms with Crippen LogP contribution in [0.4, 0.5) is 17.1 Å². The minimum Gasteiger partial charge on any atom is -0.480 e. The predicted molar refractivity (Wildman–Crippen MR) is 80.2 cm³/mol. The Morgan fingerprint density at radius 2 is 2.18 bits per heavy atom. The van der Waals surface area contributed by atoms with Crippen molar-refractivity contribution in [2.45, 2.75) is 26.2 Å². The van der Waals surface area contributed by atoms with Crippen LogP contribution in [-0.2, 0) is 16.0 Å². The van der Waals surface area contributed by atoms with Gasteiger partial charge in [0.2, 0.25) is 5.91 Å². The van der Waals surface area contributed by atoms with Gasteiger partial charge in [0.05, 0.1) is 4.92 Å². The number of hydrogen-bond donors (Lipinski definition) is 2. The van der Waals surface area contributed by atoms with Gasteiger partial charge in [0.15, 0.2) is 0 Å². The molecule has 0 atom stereocenters. The Hall–Kier alpha value is -2.64. The zero-order valence-corrected chi connectivity index (χ0v) is 12.2. The largest absolute Gasteiger partial charge is 0.480 e. The van der Waals surface area contributed by atoms with Crippen molar-refractivity contribution in [3.05, 3.63) is 27.8 Å². The number of fused-ring (bicyclic) bond motifs is 1. The van der Waals surface area contributed by atoms with Crippen LogP contribution in [0.2, 0.25) is 0 Å². The lowest BCUT2D eigenvalue weighted by atomic mass is 10.0. The third kappa shape index (κ3) is 3.33. The first-order valence-electron chi connectivity index (χ1n) is 7.00. The van der Waals surface area contributed by atoms with Gasteiger partial charge in [-0.2, -0.15) is 0 Å². The van der Waals surface area contributed by atoms with E-state index in [1.807, 2.05) is 6.92 Å². The van der Waals surface area contributed by atoms with Crippen molar-refractivity contribution in [2.75, 3.05) is 23.3 Å². The van der Waals surface area contributed by atoms with Gasteiger partial charge in [-0.15, -0.1) is 0 Å². The number of carbonyl (C=O) groups excluding carboxylic acids is 1. The molecule has 0 unspecified atom stereocenters. The number of hydrogen-bond acceptors (Lipinski definition) is 5. The van der Waals surface area contributed by atoms with Crippen LogP contribution in [-0.4, -0.2) is 35.0 Å². The van der Waals surface area contributed by atoms with Crippen LogP contribution in [0.1, 0.15) is 25.3 Å². The van der Waals surface area contributed by atoms with Crippen LogP contribution in [0.15, 0.2) is 12.1 Å². The second-order valence-electron chi connectivity index (χ2n) is 5.12. The SMILES string of the molecule is CCCN(CC(=O)O)c1cc2c(cc1[N+](=O)[O-])CCC(=O)N2. The third-order valence-corrected chi connectivity index (χ3v) is 3.45. The molecule has 0 saturated heterocycles. The van der Waals surface area contributed by atoms with Gasteiger partial charge in [0.25, 0.3) is 5.69 Å². The highest BCUT2D eigenvalue weighted by Gasteiger charge is 2.26. The molecule has 1 aromatic rings. The number of nitrogens with one attached hydrogen (secondary N) is 1. The molecular weight excluding hydrogens is 290 g/mol. The number of benzene rings is 1. The van der Waals surface area contributed by atoms with Crippen LogP contribution in [0, 0.1) is 10.1 Å². The zero-order valence-electron chi connectivity index (χ0n) is 12.2. The Morgan fingerprint density at radius 3 is 2.77 bits per heavy atom. The second kappa shape index (κ2) is 6.42. The van der Waals surface area contributed by atoms with E-state index in [0.717, 1.165) is 0 Å². The maximum Gasteiger partial charge on any atom is 0.323 e. The molecule has 1 aromatic carbocycles. The molecule has 0 radical (unpaired) electrons. The molecule has 1 aliphatic heterocycles. The lowest BCUT2D eigenvalue weighted by Crippen LogP contribution is -2.31. The van der Waals surface area contributed by atoms with E-state index in [-0.39, 0.29) is 30.2 Å². The summed E-state index contributed by atoms with van der Waals surface area (Å²) in [7, 11) is 0. The smallest absolute Gasteiger partial charge is 0.323 e. The van der Waals surface area contributed by atoms with Gasteiger partial charge in [-0.3, -0.25) is 19.7 Å². The molecule has 8 heteroatoms. The molecule has 2 rings (SSSR count). The topological polar surface area (TPSA) is 113 Å². The van der Waals surface area contributed by atoms with Gasteiger partial charge in [-0.05, 0) is 24.5 Å². The first-order valence-corrected chi connectivity index (χ1v) is 7.00. The Kier molecular flexibility index (Phi) is 4.59. The lowest BCUT2D eigenvalue weighted by molar-refractivity contribution is -0.384. The van der Waals surface area contributed by atoms with E-state index in [1.54, 1.807) is 0 Å². The summed E-state index contributed by atoms with van der Waals surface area (Å²) < 4.78 is 0. The first-order chi connectivity index (χ1) is 10.4. The average molecular weight is 307 g/mol. The summed E-state index contributed by atoms with van der Waals surface area (Å²) in [5.74, 6) is -1.21. The zero-order chi connectivity index (χ0) is 16.3. The summed E-state index contributed by atoms with van der Waals surface area (Å²) in [6, 6.07) is 2.93. The number of nitro benzene ring substituents is 1. The molecule has 0 saturated carbocycles. The molecule has 0 fully saturated rings. The van der Waals surface area contributed by atoms with Crippen LogP contribution in [0.25, 0.3) is 0 Å². The summed E-state index contributed by atoms with van der Waals surface area (Å²) >= 11 is 0. The molecule has 0 bridgehead atoms. The number of rotatable bonds is 6. The van der Waals surface area contributed by atoms with Crippen molar-refractivity contribution in [3.8, 4) is 0 Å². The van der Waals surface area contributed by atoms with Crippen molar-refractivity contribution < 1.29 is 19.6 Å². The minimum atomic E-state index is -1.07. The fraction of sp³-hybridized carbons (Fsp3) is 0.429. The summed E-state index contributed by atoms with van der Waals surface area (Å²) in [6.45, 7) is 1.90. The number of carbonyl (C=O) groups is 2. The molecule has 2 N–H and O–H groups in total. The molecule has 1 aliphatic rings. The van der Waals surface area contributed by atoms with E-state index < -0.39 is 10.9 Å². The van der Waals surface area contributed by atoms with E-state index in [1.165, 1.54) is 17.0 Å². The monoisotopic (exact) mass is 307 g/mol. The molecule has 1 amide bonds. The molecule has 0 aliphatic carbocycles. The highest BCUT2D eigenvalue weighted by Crippen LogP contribution is 2.36. The normalized spacial score (nSPS) is 13.2. The quantitative estimate of drug-likeness (QED) is 0.612. The van der Waals surface area contributed by atoms with Crippen LogP contribution in [0.3, 0.4) is 0 Å². The number of aliphatic carboxylic acids is 1. The Morgan fingerprint density at radius 1 is 1.45 bits per heavy atom. The van der Waals surface area contributed by atoms with E-state index in [9.17, 15) is 19.7 Å². The van der Waals surface area contributed by atoms with E-state index in [0.29, 0.717) is 30.6 Å². The van der Waals surface area contributed by atoms with Crippen molar-refractivity contribution in [3.63, 3.8) is 0 Å². The van der Waals surface area contributed by atoms with Crippen LogP contribution < -0.4 is 10.2 Å². The van der Waals surface area contributed by atoms with E-state index in [2.05, 4.69) is 5.32 Å². The Labute approximate surface area is 126 Å². The van der Waals surface area contributed by atoms with Crippen molar-refractivity contribution in [1.82, 2.24) is 0 Å². The third-order valence-electron chi connectivity index (χ3n) is 3.45. The van der Waals surface area contributed by atoms with Gasteiger partial charge < -0.3 is 15.3 Å². The number of nitro groups is 1. The van der Waals surface area contributed by atoms with Gasteiger partial charge in [-0.25, -0.2) is 0 Å².